The van der Waals surface area contributed by atoms with Crippen LogP contribution in [-0.2, 0) is 0 Å². The van der Waals surface area contributed by atoms with E-state index < -0.39 is 0 Å². The fourth-order valence-corrected chi connectivity index (χ4v) is 16.2. The SMILES string of the molecule is c1ccc2c(c1)sc1ccc(-c3c4ccccc4c(-c4ccc5c(c4)[se]c4c(-c6c7ccccc7c(-c7ccc8sc9ccccc9c8c7)c7ccccc67)cccc45)c4ccccc34)cc12. The van der Waals surface area contributed by atoms with Crippen molar-refractivity contribution in [1.29, 1.82) is 0 Å². The molecule has 3 aromatic heterocycles. The Kier molecular flexibility index (Phi) is 8.22. The summed E-state index contributed by atoms with van der Waals surface area (Å²) in [5, 5.41) is 18.4. The van der Waals surface area contributed by atoms with E-state index in [1.165, 1.54) is 147 Å². The normalized spacial score (nSPS) is 12.2. The number of rotatable bonds is 4. The van der Waals surface area contributed by atoms with E-state index in [4.69, 9.17) is 0 Å². The molecule has 0 aliphatic heterocycles. The van der Waals surface area contributed by atoms with Crippen LogP contribution in [0.1, 0.15) is 0 Å². The van der Waals surface area contributed by atoms with Gasteiger partial charge in [-0.2, -0.15) is 0 Å². The van der Waals surface area contributed by atoms with Crippen molar-refractivity contribution in [3.05, 3.63) is 218 Å². The van der Waals surface area contributed by atoms with Gasteiger partial charge in [0.2, 0.25) is 0 Å². The molecule has 0 N–H and O–H groups in total. The first-order valence-corrected chi connectivity index (χ1v) is 26.2. The van der Waals surface area contributed by atoms with Gasteiger partial charge in [-0.25, -0.2) is 0 Å². The zero-order chi connectivity index (χ0) is 43.7. The van der Waals surface area contributed by atoms with E-state index in [1.54, 1.807) is 0 Å². The average Bonchev–Trinajstić information content (AvgIpc) is 4.08. The molecular formula is C64H36S2Se. The molecule has 0 amide bonds. The van der Waals surface area contributed by atoms with E-state index in [2.05, 4.69) is 218 Å². The first kappa shape index (κ1) is 37.8. The number of thiophene rings is 2. The third kappa shape index (κ3) is 5.58. The van der Waals surface area contributed by atoms with Gasteiger partial charge < -0.3 is 0 Å². The Hall–Kier alpha value is -7.36. The molecule has 12 aromatic carbocycles. The van der Waals surface area contributed by atoms with Gasteiger partial charge in [0.05, 0.1) is 0 Å². The molecule has 0 aliphatic rings. The molecule has 3 heteroatoms. The molecule has 0 saturated carbocycles. The summed E-state index contributed by atoms with van der Waals surface area (Å²) in [6, 6.07) is 82.6. The minimum absolute atomic E-state index is 0.0907. The van der Waals surface area contributed by atoms with Crippen molar-refractivity contribution in [1.82, 2.24) is 0 Å². The Morgan fingerprint density at radius 2 is 0.597 bits per heavy atom. The van der Waals surface area contributed by atoms with Crippen LogP contribution in [0, 0.1) is 0 Å². The summed E-state index contributed by atoms with van der Waals surface area (Å²) in [6.45, 7) is 0. The van der Waals surface area contributed by atoms with Crippen LogP contribution in [0.25, 0.3) is 147 Å². The fraction of sp³-hybridized carbons (Fsp3) is 0. The van der Waals surface area contributed by atoms with E-state index in [0.29, 0.717) is 0 Å². The van der Waals surface area contributed by atoms with Crippen molar-refractivity contribution >= 4 is 140 Å². The van der Waals surface area contributed by atoms with E-state index in [9.17, 15) is 0 Å². The summed E-state index contributed by atoms with van der Waals surface area (Å²) in [5.41, 5.74) is 10.4. The maximum absolute atomic E-state index is 2.53. The molecule has 67 heavy (non-hydrogen) atoms. The van der Waals surface area contributed by atoms with Crippen LogP contribution >= 0.6 is 22.7 Å². The van der Waals surface area contributed by atoms with Crippen LogP contribution in [0.4, 0.5) is 0 Å². The number of hydrogen-bond acceptors (Lipinski definition) is 2. The van der Waals surface area contributed by atoms with Gasteiger partial charge in [-0.1, -0.05) is 18.2 Å². The Balaban J connectivity index is 0.933. The van der Waals surface area contributed by atoms with Gasteiger partial charge in [0.15, 0.2) is 0 Å². The maximum atomic E-state index is 2.53. The zero-order valence-electron chi connectivity index (χ0n) is 36.0. The van der Waals surface area contributed by atoms with Gasteiger partial charge in [0.25, 0.3) is 0 Å². The molecule has 3 heterocycles. The third-order valence-electron chi connectivity index (χ3n) is 14.3. The van der Waals surface area contributed by atoms with Gasteiger partial charge >= 0.3 is 379 Å². The summed E-state index contributed by atoms with van der Waals surface area (Å²) in [7, 11) is 0. The standard InChI is InChI=1S/C64H36S2Se/c1-3-18-45-43(16-1)60(37-29-32-57-53(34-37)40-14-9-11-26-55(40)65-57)44-17-2-4-19-46(44)62(45)39-28-31-42-51-24-13-25-52(64(51)67-59(42)36-39)63-49-22-7-5-20-47(49)61(48-21-6-8-23-50(48)63)38-30-33-58-54(35-38)41-15-10-12-27-56(41)66-58/h1-36H. The molecule has 15 rings (SSSR count). The van der Waals surface area contributed by atoms with Crippen molar-refractivity contribution in [2.24, 2.45) is 0 Å². The zero-order valence-corrected chi connectivity index (χ0v) is 39.4. The molecule has 0 atom stereocenters. The van der Waals surface area contributed by atoms with Crippen LogP contribution < -0.4 is 0 Å². The topological polar surface area (TPSA) is 0 Å². The second-order valence-corrected chi connectivity index (χ2v) is 22.2. The second-order valence-electron chi connectivity index (χ2n) is 17.8. The minimum atomic E-state index is 0.0907. The molecule has 15 aromatic rings. The van der Waals surface area contributed by atoms with Crippen molar-refractivity contribution in [3.63, 3.8) is 0 Å². The molecule has 0 spiro atoms. The van der Waals surface area contributed by atoms with E-state index >= 15 is 0 Å². The van der Waals surface area contributed by atoms with Gasteiger partial charge in [0.1, 0.15) is 0 Å². The molecule has 0 saturated heterocycles. The van der Waals surface area contributed by atoms with E-state index in [-0.39, 0.29) is 14.5 Å². The van der Waals surface area contributed by atoms with Crippen LogP contribution in [0.2, 0.25) is 0 Å². The Labute approximate surface area is 400 Å². The molecule has 0 aliphatic carbocycles. The van der Waals surface area contributed by atoms with Crippen LogP contribution in [-0.4, -0.2) is 14.5 Å². The molecule has 0 nitrogen and oxygen atoms in total. The predicted octanol–water partition coefficient (Wildman–Crippen LogP) is 19.1. The Morgan fingerprint density at radius 1 is 0.239 bits per heavy atom. The molecule has 310 valence electrons. The average molecular weight is 948 g/mol. The van der Waals surface area contributed by atoms with Crippen LogP contribution in [0.5, 0.6) is 0 Å². The molecule has 0 unspecified atom stereocenters. The number of hydrogen-bond donors (Lipinski definition) is 0. The monoisotopic (exact) mass is 948 g/mol. The number of benzene rings is 12. The first-order chi connectivity index (χ1) is 33.2. The van der Waals surface area contributed by atoms with Crippen LogP contribution in [0.3, 0.4) is 0 Å². The Bertz CT molecular complexity index is 4470. The molecular weight excluding hydrogens is 912 g/mol. The van der Waals surface area contributed by atoms with E-state index in [0.717, 1.165) is 0 Å². The predicted molar refractivity (Wildman–Crippen MR) is 296 cm³/mol. The molecule has 0 radical (unpaired) electrons. The molecule has 0 fully saturated rings. The Morgan fingerprint density at radius 3 is 1.06 bits per heavy atom. The summed E-state index contributed by atoms with van der Waals surface area (Å²) < 4.78 is 8.25. The summed E-state index contributed by atoms with van der Waals surface area (Å²) in [4.78, 5) is 0. The summed E-state index contributed by atoms with van der Waals surface area (Å²) in [5.74, 6) is 0. The fourth-order valence-electron chi connectivity index (χ4n) is 11.4. The molecule has 0 bridgehead atoms. The number of fused-ring (bicyclic) bond motifs is 13. The van der Waals surface area contributed by atoms with Gasteiger partial charge in [-0.15, -0.1) is 0 Å². The van der Waals surface area contributed by atoms with E-state index in [1.807, 2.05) is 22.7 Å². The van der Waals surface area contributed by atoms with Crippen LogP contribution in [0.15, 0.2) is 218 Å². The second kappa shape index (κ2) is 14.6. The quantitative estimate of drug-likeness (QED) is 0.122. The first-order valence-electron chi connectivity index (χ1n) is 22.9. The van der Waals surface area contributed by atoms with Gasteiger partial charge in [0, 0.05) is 0 Å². The summed E-state index contributed by atoms with van der Waals surface area (Å²) in [6.07, 6.45) is 0. The van der Waals surface area contributed by atoms with Crippen molar-refractivity contribution in [3.8, 4) is 44.5 Å². The van der Waals surface area contributed by atoms with Crippen molar-refractivity contribution in [2.75, 3.05) is 0 Å². The van der Waals surface area contributed by atoms with Crippen molar-refractivity contribution in [2.45, 2.75) is 0 Å². The van der Waals surface area contributed by atoms with Gasteiger partial charge in [-0.05, 0) is 6.07 Å². The summed E-state index contributed by atoms with van der Waals surface area (Å²) >= 11 is 3.85. The van der Waals surface area contributed by atoms with Crippen molar-refractivity contribution < 1.29 is 0 Å². The third-order valence-corrected chi connectivity index (χ3v) is 19.1. The van der Waals surface area contributed by atoms with Gasteiger partial charge in [-0.3, -0.25) is 0 Å².